The third-order valence-corrected chi connectivity index (χ3v) is 5.48. The summed E-state index contributed by atoms with van der Waals surface area (Å²) in [5.41, 5.74) is 2.91. The van der Waals surface area contributed by atoms with Crippen LogP contribution < -0.4 is 15.5 Å². The van der Waals surface area contributed by atoms with Crippen LogP contribution in [0.4, 0.5) is 17.5 Å². The van der Waals surface area contributed by atoms with Crippen molar-refractivity contribution in [1.29, 1.82) is 0 Å². The Hall–Kier alpha value is -3.36. The van der Waals surface area contributed by atoms with Crippen LogP contribution in [0.25, 0.3) is 0 Å². The van der Waals surface area contributed by atoms with Crippen molar-refractivity contribution in [3.05, 3.63) is 48.6 Å². The van der Waals surface area contributed by atoms with Gasteiger partial charge in [-0.2, -0.15) is 10.1 Å². The largest absolute Gasteiger partial charge is 0.370 e. The molecule has 2 aliphatic rings. The Labute approximate surface area is 170 Å². The van der Waals surface area contributed by atoms with Crippen molar-refractivity contribution >= 4 is 23.4 Å². The van der Waals surface area contributed by atoms with Crippen molar-refractivity contribution in [1.82, 2.24) is 30.0 Å². The molecule has 9 nitrogen and oxygen atoms in total. The lowest BCUT2D eigenvalue weighted by molar-refractivity contribution is 0.0966. The Morgan fingerprint density at radius 1 is 1.45 bits per heavy atom. The van der Waals surface area contributed by atoms with Gasteiger partial charge in [-0.1, -0.05) is 13.2 Å². The average Bonchev–Trinajstić information content (AvgIpc) is 3.32. The van der Waals surface area contributed by atoms with Gasteiger partial charge in [0.05, 0.1) is 24.1 Å². The molecule has 152 valence electrons. The second-order valence-corrected chi connectivity index (χ2v) is 7.45. The molecule has 4 heterocycles. The van der Waals surface area contributed by atoms with Gasteiger partial charge in [0.15, 0.2) is 0 Å². The van der Waals surface area contributed by atoms with Crippen LogP contribution in [0.1, 0.15) is 28.9 Å². The minimum Gasteiger partial charge on any atom is -0.370 e. The first-order valence-corrected chi connectivity index (χ1v) is 9.70. The number of fused-ring (bicyclic) bond motifs is 1. The number of carbonyl (C=O) groups is 1. The Kier molecular flexibility index (Phi) is 4.96. The highest BCUT2D eigenvalue weighted by atomic mass is 16.2. The van der Waals surface area contributed by atoms with E-state index in [1.165, 1.54) is 0 Å². The maximum absolute atomic E-state index is 12.3. The van der Waals surface area contributed by atoms with E-state index in [0.717, 1.165) is 37.3 Å². The molecule has 2 aromatic heterocycles. The van der Waals surface area contributed by atoms with Gasteiger partial charge in [-0.15, -0.1) is 0 Å². The lowest BCUT2D eigenvalue weighted by Gasteiger charge is -2.39. The first-order chi connectivity index (χ1) is 14.0. The van der Waals surface area contributed by atoms with Crippen LogP contribution in [-0.2, 0) is 13.6 Å². The maximum atomic E-state index is 12.3. The number of likely N-dealkylation sites (N-methyl/N-ethyl adjacent to an activating group) is 1. The topological polar surface area (TPSA) is 91.2 Å². The summed E-state index contributed by atoms with van der Waals surface area (Å²) < 4.78 is 1.69. The van der Waals surface area contributed by atoms with Gasteiger partial charge in [0.2, 0.25) is 5.95 Å². The highest BCUT2D eigenvalue weighted by molar-refractivity contribution is 6.02. The van der Waals surface area contributed by atoms with E-state index in [-0.39, 0.29) is 11.9 Å². The van der Waals surface area contributed by atoms with Gasteiger partial charge >= 0.3 is 0 Å². The highest BCUT2D eigenvalue weighted by Crippen LogP contribution is 2.28. The van der Waals surface area contributed by atoms with Gasteiger partial charge in [0, 0.05) is 45.1 Å². The zero-order valence-corrected chi connectivity index (χ0v) is 16.9. The summed E-state index contributed by atoms with van der Waals surface area (Å²) in [5, 5.41) is 10.2. The predicted octanol–water partition coefficient (Wildman–Crippen LogP) is 1.80. The summed E-state index contributed by atoms with van der Waals surface area (Å²) >= 11 is 0. The van der Waals surface area contributed by atoms with Gasteiger partial charge in [-0.25, -0.2) is 4.98 Å². The zero-order valence-electron chi connectivity index (χ0n) is 16.9. The second-order valence-electron chi connectivity index (χ2n) is 7.45. The van der Waals surface area contributed by atoms with E-state index in [4.69, 9.17) is 4.98 Å². The molecule has 2 aromatic rings. The molecule has 0 aliphatic carbocycles. The van der Waals surface area contributed by atoms with Gasteiger partial charge in [0.25, 0.3) is 5.91 Å². The highest BCUT2D eigenvalue weighted by Gasteiger charge is 2.30. The van der Waals surface area contributed by atoms with E-state index in [9.17, 15) is 4.79 Å². The van der Waals surface area contributed by atoms with Crippen LogP contribution in [0.3, 0.4) is 0 Å². The van der Waals surface area contributed by atoms with Crippen LogP contribution in [0.5, 0.6) is 0 Å². The molecule has 1 unspecified atom stereocenters. The molecular formula is C20H26N8O. The quantitative estimate of drug-likeness (QED) is 0.722. The fourth-order valence-electron chi connectivity index (χ4n) is 3.81. The number of likely N-dealkylation sites (tertiary alicyclic amines) is 1. The lowest BCUT2D eigenvalue weighted by atomic mass is 10.0. The monoisotopic (exact) mass is 394 g/mol. The molecular weight excluding hydrogens is 368 g/mol. The summed E-state index contributed by atoms with van der Waals surface area (Å²) in [6.07, 6.45) is 7.44. The normalized spacial score (nSPS) is 18.2. The molecule has 2 aliphatic heterocycles. The number of amides is 1. The fourth-order valence-corrected chi connectivity index (χ4v) is 3.81. The number of nitrogens with zero attached hydrogens (tertiary/aromatic N) is 6. The number of piperidine rings is 1. The molecule has 0 aromatic carbocycles. The number of anilines is 3. The van der Waals surface area contributed by atoms with Crippen molar-refractivity contribution < 1.29 is 4.79 Å². The number of allylic oxidation sites excluding steroid dienone is 1. The van der Waals surface area contributed by atoms with E-state index in [0.29, 0.717) is 29.6 Å². The lowest BCUT2D eigenvalue weighted by Crippen LogP contribution is -2.46. The SMILES string of the molecule is C=CC(=C)N1CCCC(N(C)c2nc3c(c(Nc4cnn(C)c4)n2)C(=O)NC3)C1. The van der Waals surface area contributed by atoms with E-state index in [1.807, 2.05) is 20.3 Å². The van der Waals surface area contributed by atoms with Crippen molar-refractivity contribution in [3.8, 4) is 0 Å². The maximum Gasteiger partial charge on any atom is 0.257 e. The van der Waals surface area contributed by atoms with E-state index >= 15 is 0 Å². The van der Waals surface area contributed by atoms with E-state index < -0.39 is 0 Å². The number of nitrogens with one attached hydrogen (secondary N) is 2. The third-order valence-electron chi connectivity index (χ3n) is 5.48. The number of aryl methyl sites for hydroxylation is 1. The molecule has 9 heteroatoms. The number of carbonyl (C=O) groups excluding carboxylic acids is 1. The van der Waals surface area contributed by atoms with E-state index in [2.05, 4.69) is 43.7 Å². The molecule has 0 bridgehead atoms. The molecule has 0 saturated carbocycles. The van der Waals surface area contributed by atoms with Gasteiger partial charge in [0.1, 0.15) is 11.4 Å². The molecule has 0 radical (unpaired) electrons. The van der Waals surface area contributed by atoms with Crippen molar-refractivity contribution in [2.45, 2.75) is 25.4 Å². The smallest absolute Gasteiger partial charge is 0.257 e. The Morgan fingerprint density at radius 3 is 3.00 bits per heavy atom. The van der Waals surface area contributed by atoms with Crippen LogP contribution in [0.2, 0.25) is 0 Å². The molecule has 1 atom stereocenters. The first-order valence-electron chi connectivity index (χ1n) is 9.70. The molecule has 29 heavy (non-hydrogen) atoms. The summed E-state index contributed by atoms with van der Waals surface area (Å²) in [5.74, 6) is 0.942. The Balaban J connectivity index is 1.63. The van der Waals surface area contributed by atoms with Crippen molar-refractivity contribution in [2.24, 2.45) is 7.05 Å². The number of aromatic nitrogens is 4. The number of hydrogen-bond acceptors (Lipinski definition) is 7. The zero-order chi connectivity index (χ0) is 20.5. The van der Waals surface area contributed by atoms with Gasteiger partial charge < -0.3 is 20.4 Å². The second kappa shape index (κ2) is 7.57. The van der Waals surface area contributed by atoms with Crippen LogP contribution in [0, 0.1) is 0 Å². The first kappa shape index (κ1) is 19.0. The Bertz CT molecular complexity index is 965. The minimum absolute atomic E-state index is 0.160. The molecule has 1 saturated heterocycles. The predicted molar refractivity (Wildman–Crippen MR) is 112 cm³/mol. The van der Waals surface area contributed by atoms with Crippen LogP contribution in [0.15, 0.2) is 37.3 Å². The van der Waals surface area contributed by atoms with Crippen LogP contribution >= 0.6 is 0 Å². The number of rotatable bonds is 6. The van der Waals surface area contributed by atoms with Crippen LogP contribution in [-0.4, -0.2) is 56.7 Å². The summed E-state index contributed by atoms with van der Waals surface area (Å²) in [6.45, 7) is 10.1. The van der Waals surface area contributed by atoms with Crippen molar-refractivity contribution in [2.75, 3.05) is 30.4 Å². The Morgan fingerprint density at radius 2 is 2.28 bits per heavy atom. The molecule has 4 rings (SSSR count). The molecule has 1 amide bonds. The third kappa shape index (κ3) is 3.67. The summed E-state index contributed by atoms with van der Waals surface area (Å²) in [7, 11) is 3.85. The van der Waals surface area contributed by atoms with Gasteiger partial charge in [-0.3, -0.25) is 9.48 Å². The standard InChI is InChI=1S/C20H26N8O/c1-5-13(2)28-8-6-7-15(12-28)27(4)20-24-16-10-21-19(29)17(16)18(25-20)23-14-9-22-26(3)11-14/h5,9,11,15H,1-2,6-8,10,12H2,3-4H3,(H,21,29)(H,23,24,25). The van der Waals surface area contributed by atoms with E-state index in [1.54, 1.807) is 17.0 Å². The molecule has 0 spiro atoms. The van der Waals surface area contributed by atoms with Crippen molar-refractivity contribution in [3.63, 3.8) is 0 Å². The molecule has 1 fully saturated rings. The summed E-state index contributed by atoms with van der Waals surface area (Å²) in [6, 6.07) is 0.245. The minimum atomic E-state index is -0.160. The van der Waals surface area contributed by atoms with Gasteiger partial charge in [-0.05, 0) is 18.9 Å². The summed E-state index contributed by atoms with van der Waals surface area (Å²) in [4.78, 5) is 26.1. The molecule has 2 N–H and O–H groups in total. The average molecular weight is 394 g/mol. The number of hydrogen-bond donors (Lipinski definition) is 2. The fraction of sp³-hybridized carbons (Fsp3) is 0.400.